The van der Waals surface area contributed by atoms with E-state index in [9.17, 15) is 0 Å². The number of aromatic amines is 1. The number of ether oxygens (including phenoxy) is 1. The van der Waals surface area contributed by atoms with Crippen molar-refractivity contribution in [1.29, 1.82) is 0 Å². The van der Waals surface area contributed by atoms with E-state index in [1.807, 2.05) is 0 Å². The van der Waals surface area contributed by atoms with Gasteiger partial charge in [-0.05, 0) is 0 Å². The number of imidazole rings is 1. The number of aromatic nitrogens is 4. The van der Waals surface area contributed by atoms with Gasteiger partial charge in [-0.3, -0.25) is 0 Å². The quantitative estimate of drug-likeness (QED) is 0.737. The monoisotopic (exact) mass is 176 g/mol. The van der Waals surface area contributed by atoms with Crippen LogP contribution in [0.4, 0.5) is 0 Å². The van der Waals surface area contributed by atoms with Gasteiger partial charge < -0.3 is 9.72 Å². The van der Waals surface area contributed by atoms with E-state index in [0.29, 0.717) is 6.01 Å². The first-order valence-corrected chi connectivity index (χ1v) is 3.75. The summed E-state index contributed by atoms with van der Waals surface area (Å²) in [5.74, 6) is 0. The molecule has 0 unspecified atom stereocenters. The van der Waals surface area contributed by atoms with Crippen LogP contribution in [0.5, 0.6) is 6.01 Å². The summed E-state index contributed by atoms with van der Waals surface area (Å²) in [5, 5.41) is 0. The molecule has 2 aromatic heterocycles. The standard InChI is InChI=1S/C8H8N4O/c1-13-8-11-4-7(12-8)6-2-9-5-10-3-6/h2-5H,1H3,(H,11,12). The molecule has 0 radical (unpaired) electrons. The molecule has 5 nitrogen and oxygen atoms in total. The van der Waals surface area contributed by atoms with E-state index in [-0.39, 0.29) is 0 Å². The molecule has 0 aromatic carbocycles. The topological polar surface area (TPSA) is 63.7 Å². The van der Waals surface area contributed by atoms with Gasteiger partial charge in [0.2, 0.25) is 0 Å². The van der Waals surface area contributed by atoms with Gasteiger partial charge in [0.15, 0.2) is 0 Å². The predicted octanol–water partition coefficient (Wildman–Crippen LogP) is 0.875. The maximum atomic E-state index is 4.91. The van der Waals surface area contributed by atoms with Crippen molar-refractivity contribution in [2.45, 2.75) is 0 Å². The van der Waals surface area contributed by atoms with E-state index in [1.54, 1.807) is 25.7 Å². The second-order valence-electron chi connectivity index (χ2n) is 2.42. The first-order chi connectivity index (χ1) is 6.40. The van der Waals surface area contributed by atoms with Crippen LogP contribution in [0.1, 0.15) is 0 Å². The highest BCUT2D eigenvalue weighted by Gasteiger charge is 2.02. The highest BCUT2D eigenvalue weighted by molar-refractivity contribution is 5.55. The molecule has 13 heavy (non-hydrogen) atoms. The van der Waals surface area contributed by atoms with Crippen molar-refractivity contribution in [3.8, 4) is 17.3 Å². The van der Waals surface area contributed by atoms with Gasteiger partial charge in [0.05, 0.1) is 12.8 Å². The Morgan fingerprint density at radius 1 is 1.31 bits per heavy atom. The molecule has 0 bridgehead atoms. The molecule has 0 aliphatic heterocycles. The van der Waals surface area contributed by atoms with Gasteiger partial charge >= 0.3 is 0 Å². The first-order valence-electron chi connectivity index (χ1n) is 3.75. The highest BCUT2D eigenvalue weighted by Crippen LogP contribution is 2.16. The Bertz CT molecular complexity index is 384. The molecule has 0 saturated carbocycles. The third-order valence-corrected chi connectivity index (χ3v) is 1.60. The zero-order chi connectivity index (χ0) is 9.10. The second-order valence-corrected chi connectivity index (χ2v) is 2.42. The minimum Gasteiger partial charge on any atom is -0.468 e. The molecule has 0 atom stereocenters. The average molecular weight is 176 g/mol. The number of nitrogens with one attached hydrogen (secondary N) is 1. The Hall–Kier alpha value is -1.91. The lowest BCUT2D eigenvalue weighted by molar-refractivity contribution is 0.384. The zero-order valence-electron chi connectivity index (χ0n) is 7.06. The number of methoxy groups -OCH3 is 1. The Morgan fingerprint density at radius 3 is 2.69 bits per heavy atom. The highest BCUT2D eigenvalue weighted by atomic mass is 16.5. The normalized spacial score (nSPS) is 9.92. The van der Waals surface area contributed by atoms with Crippen LogP contribution in [-0.4, -0.2) is 27.0 Å². The van der Waals surface area contributed by atoms with E-state index >= 15 is 0 Å². The fourth-order valence-electron chi connectivity index (χ4n) is 0.988. The zero-order valence-corrected chi connectivity index (χ0v) is 7.06. The maximum Gasteiger partial charge on any atom is 0.293 e. The summed E-state index contributed by atoms with van der Waals surface area (Å²) < 4.78 is 4.91. The molecule has 2 rings (SSSR count). The molecule has 2 heterocycles. The minimum absolute atomic E-state index is 0.485. The van der Waals surface area contributed by atoms with Gasteiger partial charge in [0, 0.05) is 24.2 Å². The molecule has 0 fully saturated rings. The molecular formula is C8H8N4O. The smallest absolute Gasteiger partial charge is 0.293 e. The number of rotatable bonds is 2. The number of hydrogen-bond donors (Lipinski definition) is 1. The lowest BCUT2D eigenvalue weighted by atomic mass is 10.3. The van der Waals surface area contributed by atoms with Crippen molar-refractivity contribution in [1.82, 2.24) is 19.9 Å². The molecule has 0 saturated heterocycles. The van der Waals surface area contributed by atoms with Gasteiger partial charge in [-0.15, -0.1) is 0 Å². The summed E-state index contributed by atoms with van der Waals surface area (Å²) in [6.07, 6.45) is 6.62. The van der Waals surface area contributed by atoms with Crippen LogP contribution >= 0.6 is 0 Å². The first kappa shape index (κ1) is 7.72. The van der Waals surface area contributed by atoms with Gasteiger partial charge in [0.1, 0.15) is 6.33 Å². The molecule has 0 aliphatic rings. The summed E-state index contributed by atoms with van der Waals surface area (Å²) in [7, 11) is 1.56. The molecule has 2 aromatic rings. The summed E-state index contributed by atoms with van der Waals surface area (Å²) >= 11 is 0. The summed E-state index contributed by atoms with van der Waals surface area (Å²) in [5.41, 5.74) is 1.64. The van der Waals surface area contributed by atoms with Crippen LogP contribution in [0.3, 0.4) is 0 Å². The van der Waals surface area contributed by atoms with Gasteiger partial charge in [-0.2, -0.15) is 4.98 Å². The maximum absolute atomic E-state index is 4.91. The Morgan fingerprint density at radius 2 is 2.08 bits per heavy atom. The third-order valence-electron chi connectivity index (χ3n) is 1.60. The molecule has 1 N–H and O–H groups in total. The molecule has 0 spiro atoms. The Labute approximate surface area is 74.8 Å². The van der Waals surface area contributed by atoms with E-state index < -0.39 is 0 Å². The van der Waals surface area contributed by atoms with Crippen LogP contribution in [0.25, 0.3) is 11.3 Å². The van der Waals surface area contributed by atoms with Gasteiger partial charge in [-0.25, -0.2) is 9.97 Å². The average Bonchev–Trinajstić information content (AvgIpc) is 2.67. The van der Waals surface area contributed by atoms with Crippen molar-refractivity contribution >= 4 is 0 Å². The van der Waals surface area contributed by atoms with Gasteiger partial charge in [0.25, 0.3) is 6.01 Å². The Balaban J connectivity index is 2.36. The lowest BCUT2D eigenvalue weighted by Gasteiger charge is -1.92. The fraction of sp³-hybridized carbons (Fsp3) is 0.125. The number of nitrogens with zero attached hydrogens (tertiary/aromatic N) is 3. The van der Waals surface area contributed by atoms with Crippen molar-refractivity contribution in [3.05, 3.63) is 24.9 Å². The summed E-state index contributed by atoms with van der Waals surface area (Å²) in [6, 6.07) is 0.485. The van der Waals surface area contributed by atoms with E-state index in [0.717, 1.165) is 11.3 Å². The van der Waals surface area contributed by atoms with Crippen LogP contribution in [0, 0.1) is 0 Å². The SMILES string of the molecule is COc1nc(-c2cncnc2)c[nH]1. The van der Waals surface area contributed by atoms with E-state index in [2.05, 4.69) is 19.9 Å². The Kier molecular flexibility index (Phi) is 1.91. The largest absolute Gasteiger partial charge is 0.468 e. The minimum atomic E-state index is 0.485. The summed E-state index contributed by atoms with van der Waals surface area (Å²) in [4.78, 5) is 14.8. The third kappa shape index (κ3) is 1.48. The van der Waals surface area contributed by atoms with Crippen molar-refractivity contribution < 1.29 is 4.74 Å². The molecule has 0 amide bonds. The molecular weight excluding hydrogens is 168 g/mol. The lowest BCUT2D eigenvalue weighted by Crippen LogP contribution is -1.84. The molecule has 66 valence electrons. The molecule has 0 aliphatic carbocycles. The van der Waals surface area contributed by atoms with Crippen LogP contribution in [-0.2, 0) is 0 Å². The second kappa shape index (κ2) is 3.22. The predicted molar refractivity (Wildman–Crippen MR) is 46.2 cm³/mol. The number of H-pyrrole nitrogens is 1. The number of hydrogen-bond acceptors (Lipinski definition) is 4. The van der Waals surface area contributed by atoms with Crippen molar-refractivity contribution in [2.24, 2.45) is 0 Å². The molecule has 5 heteroatoms. The van der Waals surface area contributed by atoms with Crippen molar-refractivity contribution in [3.63, 3.8) is 0 Å². The van der Waals surface area contributed by atoms with Crippen LogP contribution < -0.4 is 4.74 Å². The van der Waals surface area contributed by atoms with Gasteiger partial charge in [-0.1, -0.05) is 0 Å². The van der Waals surface area contributed by atoms with E-state index in [1.165, 1.54) is 6.33 Å². The van der Waals surface area contributed by atoms with Crippen LogP contribution in [0.15, 0.2) is 24.9 Å². The van der Waals surface area contributed by atoms with E-state index in [4.69, 9.17) is 4.74 Å². The fourth-order valence-corrected chi connectivity index (χ4v) is 0.988. The van der Waals surface area contributed by atoms with Crippen LogP contribution in [0.2, 0.25) is 0 Å². The summed E-state index contributed by atoms with van der Waals surface area (Å²) in [6.45, 7) is 0. The van der Waals surface area contributed by atoms with Crippen molar-refractivity contribution in [2.75, 3.05) is 7.11 Å².